The minimum Gasteiger partial charge on any atom is -0.385 e. The number of nitrogens with zero attached hydrogens (tertiary/aromatic N) is 1. The van der Waals surface area contributed by atoms with Crippen LogP contribution in [0.25, 0.3) is 0 Å². The third-order valence-corrected chi connectivity index (χ3v) is 5.93. The van der Waals surface area contributed by atoms with Crippen molar-refractivity contribution in [2.24, 2.45) is 0 Å². The van der Waals surface area contributed by atoms with Crippen molar-refractivity contribution >= 4 is 0 Å². The standard InChI is InChI=1S/C23H25NO/c1-2-18-10-6-11-20(14-18)23(25)15-21-12-7-13-22(16-23)24(21)17-19-8-4-3-5-9-19/h1,3-6,8-11,14,21-22,25H,7,12-13,15-17H2. The Kier molecular flexibility index (Phi) is 4.37. The molecule has 25 heavy (non-hydrogen) atoms. The Bertz CT molecular complexity index is 762. The van der Waals surface area contributed by atoms with Crippen LogP contribution in [0.1, 0.15) is 48.8 Å². The SMILES string of the molecule is C#Cc1cccc(C2(O)CC3CCCC(C2)N3Cc2ccccc2)c1. The average molecular weight is 331 g/mol. The van der Waals surface area contributed by atoms with E-state index in [1.807, 2.05) is 24.3 Å². The van der Waals surface area contributed by atoms with Gasteiger partial charge in [0.2, 0.25) is 0 Å². The molecule has 0 aromatic heterocycles. The number of hydrogen-bond donors (Lipinski definition) is 1. The van der Waals surface area contributed by atoms with E-state index < -0.39 is 5.60 Å². The fourth-order valence-corrected chi connectivity index (χ4v) is 4.71. The lowest BCUT2D eigenvalue weighted by atomic mass is 9.72. The van der Waals surface area contributed by atoms with Gasteiger partial charge in [-0.3, -0.25) is 4.90 Å². The van der Waals surface area contributed by atoms with Crippen LogP contribution in [0.2, 0.25) is 0 Å². The highest BCUT2D eigenvalue weighted by Crippen LogP contribution is 2.44. The lowest BCUT2D eigenvalue weighted by Gasteiger charge is -2.52. The van der Waals surface area contributed by atoms with Crippen LogP contribution in [-0.4, -0.2) is 22.1 Å². The Morgan fingerprint density at radius 3 is 2.44 bits per heavy atom. The Balaban J connectivity index is 1.59. The molecule has 4 rings (SSSR count). The van der Waals surface area contributed by atoms with Crippen molar-refractivity contribution in [1.29, 1.82) is 0 Å². The van der Waals surface area contributed by atoms with E-state index in [0.717, 1.165) is 30.5 Å². The molecule has 2 saturated heterocycles. The number of fused-ring (bicyclic) bond motifs is 2. The van der Waals surface area contributed by atoms with E-state index in [1.54, 1.807) is 0 Å². The van der Waals surface area contributed by atoms with Crippen molar-refractivity contribution in [3.63, 3.8) is 0 Å². The summed E-state index contributed by atoms with van der Waals surface area (Å²) < 4.78 is 0. The Labute approximate surface area is 150 Å². The summed E-state index contributed by atoms with van der Waals surface area (Å²) in [5.41, 5.74) is 2.44. The molecule has 2 unspecified atom stereocenters. The quantitative estimate of drug-likeness (QED) is 0.857. The zero-order chi connectivity index (χ0) is 17.3. The highest BCUT2D eigenvalue weighted by Gasteiger charge is 2.46. The van der Waals surface area contributed by atoms with Crippen molar-refractivity contribution < 1.29 is 5.11 Å². The van der Waals surface area contributed by atoms with Gasteiger partial charge in [0.1, 0.15) is 0 Å². The second-order valence-electron chi connectivity index (χ2n) is 7.56. The summed E-state index contributed by atoms with van der Waals surface area (Å²) in [5.74, 6) is 2.69. The van der Waals surface area contributed by atoms with Gasteiger partial charge in [0.05, 0.1) is 5.60 Å². The van der Waals surface area contributed by atoms with Crippen LogP contribution < -0.4 is 0 Å². The lowest BCUT2D eigenvalue weighted by Crippen LogP contribution is -2.56. The number of rotatable bonds is 3. The van der Waals surface area contributed by atoms with E-state index in [2.05, 4.69) is 41.2 Å². The molecule has 0 aliphatic carbocycles. The van der Waals surface area contributed by atoms with Crippen molar-refractivity contribution in [2.75, 3.05) is 0 Å². The zero-order valence-electron chi connectivity index (χ0n) is 14.6. The van der Waals surface area contributed by atoms with E-state index in [9.17, 15) is 5.11 Å². The maximum absolute atomic E-state index is 11.5. The molecule has 0 radical (unpaired) electrons. The molecular formula is C23H25NO. The van der Waals surface area contributed by atoms with Gasteiger partial charge in [-0.25, -0.2) is 0 Å². The van der Waals surface area contributed by atoms with Gasteiger partial charge in [-0.15, -0.1) is 6.42 Å². The maximum Gasteiger partial charge on any atom is 0.0926 e. The van der Waals surface area contributed by atoms with Crippen LogP contribution in [0.5, 0.6) is 0 Å². The minimum atomic E-state index is -0.754. The number of hydrogen-bond acceptors (Lipinski definition) is 2. The fourth-order valence-electron chi connectivity index (χ4n) is 4.71. The molecule has 128 valence electrons. The van der Waals surface area contributed by atoms with E-state index in [1.165, 1.54) is 24.8 Å². The second kappa shape index (κ2) is 6.67. The second-order valence-corrected chi connectivity index (χ2v) is 7.56. The van der Waals surface area contributed by atoms with Crippen molar-refractivity contribution in [2.45, 2.75) is 56.3 Å². The van der Waals surface area contributed by atoms with Crippen molar-refractivity contribution in [3.05, 3.63) is 71.3 Å². The Morgan fingerprint density at radius 2 is 1.76 bits per heavy atom. The van der Waals surface area contributed by atoms with E-state index in [-0.39, 0.29) is 0 Å². The first kappa shape index (κ1) is 16.4. The molecular weight excluding hydrogens is 306 g/mol. The fraction of sp³-hybridized carbons (Fsp3) is 0.391. The van der Waals surface area contributed by atoms with Crippen LogP contribution in [0.3, 0.4) is 0 Å². The van der Waals surface area contributed by atoms with Gasteiger partial charge < -0.3 is 5.11 Å². The largest absolute Gasteiger partial charge is 0.385 e. The number of aliphatic hydroxyl groups is 1. The first-order chi connectivity index (χ1) is 12.2. The lowest BCUT2D eigenvalue weighted by molar-refractivity contribution is -0.0999. The summed E-state index contributed by atoms with van der Waals surface area (Å²) in [4.78, 5) is 2.62. The summed E-state index contributed by atoms with van der Waals surface area (Å²) in [7, 11) is 0. The molecule has 0 spiro atoms. The molecule has 2 bridgehead atoms. The summed E-state index contributed by atoms with van der Waals surface area (Å²) >= 11 is 0. The molecule has 2 atom stereocenters. The zero-order valence-corrected chi connectivity index (χ0v) is 14.6. The third kappa shape index (κ3) is 3.23. The van der Waals surface area contributed by atoms with Crippen LogP contribution in [0.15, 0.2) is 54.6 Å². The van der Waals surface area contributed by atoms with Gasteiger partial charge >= 0.3 is 0 Å². The first-order valence-electron chi connectivity index (χ1n) is 9.27. The highest BCUT2D eigenvalue weighted by molar-refractivity contribution is 5.38. The molecule has 2 heterocycles. The molecule has 2 nitrogen and oxygen atoms in total. The normalized spacial score (nSPS) is 29.1. The molecule has 2 heteroatoms. The van der Waals surface area contributed by atoms with Crippen molar-refractivity contribution in [3.8, 4) is 12.3 Å². The van der Waals surface area contributed by atoms with Crippen molar-refractivity contribution in [1.82, 2.24) is 4.90 Å². The number of benzene rings is 2. The van der Waals surface area contributed by atoms with Crippen LogP contribution in [0.4, 0.5) is 0 Å². The first-order valence-corrected chi connectivity index (χ1v) is 9.27. The molecule has 2 aromatic rings. The molecule has 2 fully saturated rings. The summed E-state index contributed by atoms with van der Waals surface area (Å²) in [5, 5.41) is 11.5. The van der Waals surface area contributed by atoms with Gasteiger partial charge in [-0.05, 0) is 48.9 Å². The van der Waals surface area contributed by atoms with Gasteiger partial charge in [0, 0.05) is 24.2 Å². The predicted octanol–water partition coefficient (Wildman–Crippen LogP) is 4.07. The predicted molar refractivity (Wildman–Crippen MR) is 101 cm³/mol. The van der Waals surface area contributed by atoms with Crippen LogP contribution in [0, 0.1) is 12.3 Å². The minimum absolute atomic E-state index is 0.437. The summed E-state index contributed by atoms with van der Waals surface area (Å²) in [6.45, 7) is 0.983. The average Bonchev–Trinajstić information content (AvgIpc) is 2.64. The maximum atomic E-state index is 11.5. The van der Waals surface area contributed by atoms with Gasteiger partial charge in [0.25, 0.3) is 0 Å². The number of piperidine rings is 2. The Hall–Kier alpha value is -2.08. The smallest absolute Gasteiger partial charge is 0.0926 e. The summed E-state index contributed by atoms with van der Waals surface area (Å²) in [6, 6.07) is 19.5. The molecule has 2 aliphatic rings. The van der Waals surface area contributed by atoms with Crippen LogP contribution >= 0.6 is 0 Å². The van der Waals surface area contributed by atoms with E-state index in [0.29, 0.717) is 12.1 Å². The molecule has 2 aliphatic heterocycles. The third-order valence-electron chi connectivity index (χ3n) is 5.93. The molecule has 2 aromatic carbocycles. The number of terminal acetylenes is 1. The van der Waals surface area contributed by atoms with E-state index >= 15 is 0 Å². The Morgan fingerprint density at radius 1 is 1.04 bits per heavy atom. The molecule has 0 amide bonds. The highest BCUT2D eigenvalue weighted by atomic mass is 16.3. The molecule has 1 N–H and O–H groups in total. The monoisotopic (exact) mass is 331 g/mol. The van der Waals surface area contributed by atoms with E-state index in [4.69, 9.17) is 6.42 Å². The van der Waals surface area contributed by atoms with Gasteiger partial charge in [-0.1, -0.05) is 54.8 Å². The topological polar surface area (TPSA) is 23.5 Å². The van der Waals surface area contributed by atoms with Gasteiger partial charge in [0.15, 0.2) is 0 Å². The van der Waals surface area contributed by atoms with Crippen LogP contribution in [-0.2, 0) is 12.1 Å². The summed E-state index contributed by atoms with van der Waals surface area (Å²) in [6.07, 6.45) is 10.7. The molecule has 0 saturated carbocycles. The van der Waals surface area contributed by atoms with Gasteiger partial charge in [-0.2, -0.15) is 0 Å².